The third-order valence-corrected chi connectivity index (χ3v) is 3.94. The van der Waals surface area contributed by atoms with E-state index in [9.17, 15) is 14.7 Å². The second-order valence-corrected chi connectivity index (χ2v) is 6.79. The number of aromatic carboxylic acids is 1. The molecule has 0 fully saturated rings. The van der Waals surface area contributed by atoms with Crippen LogP contribution in [0, 0.1) is 5.41 Å². The minimum atomic E-state index is -1.13. The Bertz CT molecular complexity index is 606. The van der Waals surface area contributed by atoms with Crippen molar-refractivity contribution in [1.29, 1.82) is 0 Å². The SMILES string of the molecule is CC(C)c1nc2c(c(Cl)c1C(=O)O)C(=O)CC(C)(C)C2. The summed E-state index contributed by atoms with van der Waals surface area (Å²) in [4.78, 5) is 28.1. The fourth-order valence-corrected chi connectivity index (χ4v) is 3.08. The number of hydrogen-bond acceptors (Lipinski definition) is 3. The van der Waals surface area contributed by atoms with E-state index in [0.717, 1.165) is 0 Å². The average molecular weight is 296 g/mol. The molecule has 0 aliphatic heterocycles. The highest BCUT2D eigenvalue weighted by molar-refractivity contribution is 6.37. The van der Waals surface area contributed by atoms with Crippen molar-refractivity contribution in [3.8, 4) is 0 Å². The van der Waals surface area contributed by atoms with Gasteiger partial charge in [-0.2, -0.15) is 0 Å². The third-order valence-electron chi connectivity index (χ3n) is 3.56. The number of ketones is 1. The summed E-state index contributed by atoms with van der Waals surface area (Å²) in [7, 11) is 0. The van der Waals surface area contributed by atoms with Gasteiger partial charge < -0.3 is 5.11 Å². The highest BCUT2D eigenvalue weighted by Crippen LogP contribution is 2.39. The summed E-state index contributed by atoms with van der Waals surface area (Å²) in [5.74, 6) is -1.32. The van der Waals surface area contributed by atoms with Crippen molar-refractivity contribution in [2.75, 3.05) is 0 Å². The molecule has 0 amide bonds. The standard InChI is InChI=1S/C15H18ClNO3/c1-7(2)13-11(14(19)20)12(16)10-8(17-13)5-15(3,4)6-9(10)18/h7H,5-6H2,1-4H3,(H,19,20). The molecule has 108 valence electrons. The van der Waals surface area contributed by atoms with Gasteiger partial charge in [-0.05, 0) is 17.8 Å². The van der Waals surface area contributed by atoms with Gasteiger partial charge in [0.25, 0.3) is 0 Å². The van der Waals surface area contributed by atoms with Crippen molar-refractivity contribution >= 4 is 23.4 Å². The van der Waals surface area contributed by atoms with Gasteiger partial charge in [0.1, 0.15) is 5.56 Å². The monoisotopic (exact) mass is 295 g/mol. The van der Waals surface area contributed by atoms with E-state index >= 15 is 0 Å². The Balaban J connectivity index is 2.76. The van der Waals surface area contributed by atoms with Crippen molar-refractivity contribution < 1.29 is 14.7 Å². The van der Waals surface area contributed by atoms with Gasteiger partial charge in [0.15, 0.2) is 5.78 Å². The number of carbonyl (C=O) groups excluding carboxylic acids is 1. The zero-order valence-corrected chi connectivity index (χ0v) is 12.8. The van der Waals surface area contributed by atoms with Crippen LogP contribution in [0.25, 0.3) is 0 Å². The maximum Gasteiger partial charge on any atom is 0.339 e. The zero-order chi connectivity index (χ0) is 15.2. The van der Waals surface area contributed by atoms with Gasteiger partial charge in [-0.3, -0.25) is 9.78 Å². The fourth-order valence-electron chi connectivity index (χ4n) is 2.69. The number of nitrogens with zero attached hydrogens (tertiary/aromatic N) is 1. The molecule has 0 saturated carbocycles. The van der Waals surface area contributed by atoms with Crippen LogP contribution in [0.2, 0.25) is 5.02 Å². The number of hydrogen-bond donors (Lipinski definition) is 1. The summed E-state index contributed by atoms with van der Waals surface area (Å²) in [6.07, 6.45) is 0.995. The van der Waals surface area contributed by atoms with Crippen LogP contribution in [0.15, 0.2) is 0 Å². The highest BCUT2D eigenvalue weighted by Gasteiger charge is 2.36. The smallest absolute Gasteiger partial charge is 0.339 e. The second-order valence-electron chi connectivity index (χ2n) is 6.41. The van der Waals surface area contributed by atoms with Crippen LogP contribution in [0.3, 0.4) is 0 Å². The molecule has 0 radical (unpaired) electrons. The third kappa shape index (κ3) is 2.44. The molecule has 0 saturated heterocycles. The van der Waals surface area contributed by atoms with E-state index in [-0.39, 0.29) is 27.7 Å². The van der Waals surface area contributed by atoms with E-state index in [1.165, 1.54) is 0 Å². The van der Waals surface area contributed by atoms with E-state index in [1.807, 2.05) is 27.7 Å². The lowest BCUT2D eigenvalue weighted by Crippen LogP contribution is -2.29. The molecule has 2 rings (SSSR count). The van der Waals surface area contributed by atoms with Crippen LogP contribution in [0.1, 0.15) is 72.1 Å². The van der Waals surface area contributed by atoms with Gasteiger partial charge in [0.2, 0.25) is 0 Å². The largest absolute Gasteiger partial charge is 0.478 e. The van der Waals surface area contributed by atoms with E-state index in [2.05, 4.69) is 4.98 Å². The Morgan fingerprint density at radius 2 is 1.95 bits per heavy atom. The molecule has 0 bridgehead atoms. The molecule has 5 heteroatoms. The minimum Gasteiger partial charge on any atom is -0.478 e. The normalized spacial score (nSPS) is 17.2. The first-order valence-electron chi connectivity index (χ1n) is 6.63. The summed E-state index contributed by atoms with van der Waals surface area (Å²) in [5.41, 5.74) is 1.18. The molecule has 0 unspecified atom stereocenters. The van der Waals surface area contributed by atoms with Crippen LogP contribution < -0.4 is 0 Å². The van der Waals surface area contributed by atoms with E-state index in [0.29, 0.717) is 29.8 Å². The number of Topliss-reactive ketones (excluding diaryl/α,β-unsaturated/α-hetero) is 1. The summed E-state index contributed by atoms with van der Waals surface area (Å²) in [5, 5.41) is 9.40. The topological polar surface area (TPSA) is 67.3 Å². The van der Waals surface area contributed by atoms with Crippen LogP contribution in [-0.4, -0.2) is 21.8 Å². The number of fused-ring (bicyclic) bond motifs is 1. The molecule has 0 aromatic carbocycles. The van der Waals surface area contributed by atoms with Crippen molar-refractivity contribution in [3.05, 3.63) is 27.5 Å². The van der Waals surface area contributed by atoms with E-state index in [1.54, 1.807) is 0 Å². The Kier molecular flexibility index (Phi) is 3.63. The number of pyridine rings is 1. The number of carboxylic acids is 1. The molecule has 1 aliphatic carbocycles. The Hall–Kier alpha value is -1.42. The molecule has 0 atom stereocenters. The number of aromatic nitrogens is 1. The average Bonchev–Trinajstić information content (AvgIpc) is 2.24. The van der Waals surface area contributed by atoms with Gasteiger partial charge in [0, 0.05) is 6.42 Å². The Labute approximate surface area is 123 Å². The number of carboxylic acid groups (broad SMARTS) is 1. The number of rotatable bonds is 2. The molecule has 20 heavy (non-hydrogen) atoms. The molecule has 4 nitrogen and oxygen atoms in total. The zero-order valence-electron chi connectivity index (χ0n) is 12.1. The van der Waals surface area contributed by atoms with Crippen molar-refractivity contribution in [3.63, 3.8) is 0 Å². The number of halogens is 1. The lowest BCUT2D eigenvalue weighted by molar-refractivity contribution is 0.0694. The summed E-state index contributed by atoms with van der Waals surface area (Å²) in [6.45, 7) is 7.74. The van der Waals surface area contributed by atoms with Crippen molar-refractivity contribution in [1.82, 2.24) is 4.98 Å². The van der Waals surface area contributed by atoms with Gasteiger partial charge in [-0.15, -0.1) is 0 Å². The molecule has 1 heterocycles. The quantitative estimate of drug-likeness (QED) is 0.903. The summed E-state index contributed by atoms with van der Waals surface area (Å²) >= 11 is 6.22. The fraction of sp³-hybridized carbons (Fsp3) is 0.533. The van der Waals surface area contributed by atoms with Crippen molar-refractivity contribution in [2.24, 2.45) is 5.41 Å². The van der Waals surface area contributed by atoms with Crippen LogP contribution >= 0.6 is 11.6 Å². The lowest BCUT2D eigenvalue weighted by atomic mass is 9.75. The van der Waals surface area contributed by atoms with Gasteiger partial charge in [-0.25, -0.2) is 4.79 Å². The van der Waals surface area contributed by atoms with Crippen LogP contribution in [-0.2, 0) is 6.42 Å². The predicted molar refractivity (Wildman–Crippen MR) is 76.7 cm³/mol. The molecule has 0 spiro atoms. The lowest BCUT2D eigenvalue weighted by Gasteiger charge is -2.31. The predicted octanol–water partition coefficient (Wildman–Crippen LogP) is 3.71. The van der Waals surface area contributed by atoms with Crippen LogP contribution in [0.5, 0.6) is 0 Å². The van der Waals surface area contributed by atoms with Crippen LogP contribution in [0.4, 0.5) is 0 Å². The second kappa shape index (κ2) is 4.85. The molecule has 1 aromatic heterocycles. The summed E-state index contributed by atoms with van der Waals surface area (Å²) < 4.78 is 0. The van der Waals surface area contributed by atoms with Crippen molar-refractivity contribution in [2.45, 2.75) is 46.5 Å². The molecule has 1 N–H and O–H groups in total. The number of carbonyl (C=O) groups is 2. The first-order valence-corrected chi connectivity index (χ1v) is 7.00. The molecule has 1 aromatic rings. The molecular weight excluding hydrogens is 278 g/mol. The van der Waals surface area contributed by atoms with Gasteiger partial charge >= 0.3 is 5.97 Å². The first kappa shape index (κ1) is 15.0. The van der Waals surface area contributed by atoms with Gasteiger partial charge in [-0.1, -0.05) is 39.3 Å². The minimum absolute atomic E-state index is 0.0338. The highest BCUT2D eigenvalue weighted by atomic mass is 35.5. The first-order chi connectivity index (χ1) is 9.14. The van der Waals surface area contributed by atoms with E-state index in [4.69, 9.17) is 11.6 Å². The summed E-state index contributed by atoms with van der Waals surface area (Å²) in [6, 6.07) is 0. The maximum absolute atomic E-state index is 12.3. The molecule has 1 aliphatic rings. The van der Waals surface area contributed by atoms with Gasteiger partial charge in [0.05, 0.1) is 22.0 Å². The Morgan fingerprint density at radius 1 is 1.35 bits per heavy atom. The maximum atomic E-state index is 12.3. The van der Waals surface area contributed by atoms with E-state index < -0.39 is 5.97 Å². The molecular formula is C15H18ClNO3. The Morgan fingerprint density at radius 3 is 2.45 bits per heavy atom.